The molecule has 6 heteroatoms. The Hall–Kier alpha value is -2.50. The van der Waals surface area contributed by atoms with Crippen LogP contribution in [0.3, 0.4) is 0 Å². The lowest BCUT2D eigenvalue weighted by molar-refractivity contribution is -0.127. The van der Waals surface area contributed by atoms with E-state index in [1.54, 1.807) is 26.2 Å². The van der Waals surface area contributed by atoms with Crippen LogP contribution in [0.4, 0.5) is 0 Å². The van der Waals surface area contributed by atoms with Gasteiger partial charge in [0.15, 0.2) is 17.1 Å². The highest BCUT2D eigenvalue weighted by atomic mass is 16.5. The number of ether oxygens (including phenoxy) is 1. The summed E-state index contributed by atoms with van der Waals surface area (Å²) in [6.45, 7) is 2.63. The predicted molar refractivity (Wildman–Crippen MR) is 76.3 cm³/mol. The van der Waals surface area contributed by atoms with Crippen molar-refractivity contribution in [3.63, 3.8) is 0 Å². The Labute approximate surface area is 121 Å². The highest BCUT2D eigenvalue weighted by Gasteiger charge is 2.31. The molecule has 1 N–H and O–H groups in total. The Bertz CT molecular complexity index is 707. The van der Waals surface area contributed by atoms with Crippen LogP contribution in [0, 0.1) is 0 Å². The molecule has 3 rings (SSSR count). The van der Waals surface area contributed by atoms with Gasteiger partial charge in [0.1, 0.15) is 6.04 Å². The lowest BCUT2D eigenvalue weighted by Gasteiger charge is -2.32. The van der Waals surface area contributed by atoms with Crippen LogP contribution in [0.5, 0.6) is 5.75 Å². The van der Waals surface area contributed by atoms with E-state index in [2.05, 4.69) is 5.32 Å². The van der Waals surface area contributed by atoms with Crippen molar-refractivity contribution in [3.05, 3.63) is 30.0 Å². The number of carbonyl (C=O) groups excluding carboxylic acids is 2. The molecule has 0 saturated carbocycles. The summed E-state index contributed by atoms with van der Waals surface area (Å²) in [7, 11) is 1.55. The lowest BCUT2D eigenvalue weighted by atomic mass is 10.2. The highest BCUT2D eigenvalue weighted by Crippen LogP contribution is 2.29. The van der Waals surface area contributed by atoms with Gasteiger partial charge in [-0.25, -0.2) is 0 Å². The third kappa shape index (κ3) is 2.22. The quantitative estimate of drug-likeness (QED) is 0.906. The van der Waals surface area contributed by atoms with Crippen molar-refractivity contribution in [1.29, 1.82) is 0 Å². The summed E-state index contributed by atoms with van der Waals surface area (Å²) in [4.78, 5) is 25.7. The Morgan fingerprint density at radius 1 is 1.48 bits per heavy atom. The molecule has 110 valence electrons. The van der Waals surface area contributed by atoms with Crippen molar-refractivity contribution < 1.29 is 18.7 Å². The van der Waals surface area contributed by atoms with Crippen molar-refractivity contribution in [2.24, 2.45) is 0 Å². The maximum Gasteiger partial charge on any atom is 0.290 e. The summed E-state index contributed by atoms with van der Waals surface area (Å²) in [5, 5.41) is 3.53. The van der Waals surface area contributed by atoms with E-state index in [0.29, 0.717) is 24.4 Å². The number of carbonyl (C=O) groups is 2. The number of piperazine rings is 1. The lowest BCUT2D eigenvalue weighted by Crippen LogP contribution is -2.55. The Morgan fingerprint density at radius 2 is 2.29 bits per heavy atom. The van der Waals surface area contributed by atoms with Crippen molar-refractivity contribution in [2.45, 2.75) is 13.0 Å². The molecular formula is C15H16N2O4. The zero-order valence-electron chi connectivity index (χ0n) is 11.9. The Morgan fingerprint density at radius 3 is 3.05 bits per heavy atom. The van der Waals surface area contributed by atoms with Crippen LogP contribution in [0.2, 0.25) is 0 Å². The molecule has 0 unspecified atom stereocenters. The molecule has 2 aromatic rings. The van der Waals surface area contributed by atoms with Crippen LogP contribution >= 0.6 is 0 Å². The number of fused-ring (bicyclic) bond motifs is 1. The number of amides is 2. The number of hydrogen-bond acceptors (Lipinski definition) is 4. The minimum Gasteiger partial charge on any atom is -0.493 e. The van der Waals surface area contributed by atoms with E-state index in [-0.39, 0.29) is 17.6 Å². The summed E-state index contributed by atoms with van der Waals surface area (Å²) in [6, 6.07) is 6.64. The van der Waals surface area contributed by atoms with Gasteiger partial charge in [0.2, 0.25) is 5.91 Å². The molecule has 0 bridgehead atoms. The van der Waals surface area contributed by atoms with Gasteiger partial charge < -0.3 is 19.4 Å². The fraction of sp³-hybridized carbons (Fsp3) is 0.333. The molecule has 1 saturated heterocycles. The molecule has 1 aliphatic heterocycles. The number of para-hydroxylation sites is 1. The molecule has 6 nitrogen and oxygen atoms in total. The van der Waals surface area contributed by atoms with Crippen LogP contribution in [-0.4, -0.2) is 43.0 Å². The van der Waals surface area contributed by atoms with Crippen LogP contribution in [0.25, 0.3) is 11.0 Å². The van der Waals surface area contributed by atoms with Gasteiger partial charge in [0.25, 0.3) is 5.91 Å². The van der Waals surface area contributed by atoms with E-state index in [9.17, 15) is 9.59 Å². The van der Waals surface area contributed by atoms with E-state index in [4.69, 9.17) is 9.15 Å². The highest BCUT2D eigenvalue weighted by molar-refractivity contribution is 5.99. The summed E-state index contributed by atoms with van der Waals surface area (Å²) < 4.78 is 10.9. The minimum atomic E-state index is -0.499. The monoisotopic (exact) mass is 288 g/mol. The van der Waals surface area contributed by atoms with Gasteiger partial charge in [-0.2, -0.15) is 0 Å². The van der Waals surface area contributed by atoms with E-state index >= 15 is 0 Å². The second-order valence-corrected chi connectivity index (χ2v) is 4.95. The predicted octanol–water partition coefficient (Wildman–Crippen LogP) is 1.40. The molecular weight excluding hydrogens is 272 g/mol. The first-order valence-electron chi connectivity index (χ1n) is 6.77. The molecule has 21 heavy (non-hydrogen) atoms. The van der Waals surface area contributed by atoms with Gasteiger partial charge in [-0.1, -0.05) is 12.1 Å². The van der Waals surface area contributed by atoms with Gasteiger partial charge in [-0.05, 0) is 19.1 Å². The number of rotatable bonds is 2. The van der Waals surface area contributed by atoms with Gasteiger partial charge in [0, 0.05) is 18.5 Å². The molecule has 2 amide bonds. The molecule has 0 spiro atoms. The van der Waals surface area contributed by atoms with Crippen molar-refractivity contribution in [3.8, 4) is 5.75 Å². The number of methoxy groups -OCH3 is 1. The fourth-order valence-corrected chi connectivity index (χ4v) is 2.50. The second kappa shape index (κ2) is 5.12. The van der Waals surface area contributed by atoms with Gasteiger partial charge in [-0.3, -0.25) is 9.59 Å². The van der Waals surface area contributed by atoms with E-state index in [0.717, 1.165) is 5.39 Å². The maximum absolute atomic E-state index is 12.5. The van der Waals surface area contributed by atoms with Gasteiger partial charge >= 0.3 is 0 Å². The second-order valence-electron chi connectivity index (χ2n) is 4.95. The fourth-order valence-electron chi connectivity index (χ4n) is 2.50. The number of benzene rings is 1. The number of nitrogens with zero attached hydrogens (tertiary/aromatic N) is 1. The minimum absolute atomic E-state index is 0.150. The first kappa shape index (κ1) is 13.5. The average Bonchev–Trinajstić information content (AvgIpc) is 2.93. The molecule has 2 heterocycles. The first-order valence-corrected chi connectivity index (χ1v) is 6.77. The van der Waals surface area contributed by atoms with E-state index in [1.807, 2.05) is 12.1 Å². The molecule has 1 aromatic heterocycles. The summed E-state index contributed by atoms with van der Waals surface area (Å²) in [5.41, 5.74) is 0.539. The number of hydrogen-bond donors (Lipinski definition) is 1. The van der Waals surface area contributed by atoms with Crippen molar-refractivity contribution in [2.75, 3.05) is 20.2 Å². The summed E-state index contributed by atoms with van der Waals surface area (Å²) in [5.74, 6) is 0.367. The topological polar surface area (TPSA) is 71.8 Å². The maximum atomic E-state index is 12.5. The van der Waals surface area contributed by atoms with Crippen LogP contribution in [-0.2, 0) is 4.79 Å². The zero-order valence-corrected chi connectivity index (χ0v) is 11.9. The third-order valence-electron chi connectivity index (χ3n) is 3.70. The van der Waals surface area contributed by atoms with Crippen LogP contribution in [0.15, 0.2) is 28.7 Å². The smallest absolute Gasteiger partial charge is 0.290 e. The normalized spacial score (nSPS) is 18.7. The number of nitrogens with one attached hydrogen (secondary N) is 1. The molecule has 0 aliphatic carbocycles. The van der Waals surface area contributed by atoms with E-state index < -0.39 is 6.04 Å². The van der Waals surface area contributed by atoms with Gasteiger partial charge in [0.05, 0.1) is 7.11 Å². The van der Waals surface area contributed by atoms with Crippen molar-refractivity contribution >= 4 is 22.8 Å². The van der Waals surface area contributed by atoms with Crippen LogP contribution in [0.1, 0.15) is 17.5 Å². The van der Waals surface area contributed by atoms with E-state index in [1.165, 1.54) is 4.90 Å². The Balaban J connectivity index is 1.96. The first-order chi connectivity index (χ1) is 10.1. The number of furan rings is 1. The zero-order chi connectivity index (χ0) is 15.0. The summed E-state index contributed by atoms with van der Waals surface area (Å²) >= 11 is 0. The molecule has 0 radical (unpaired) electrons. The standard InChI is InChI=1S/C15H16N2O4/c1-9-14(18)16-6-7-17(9)15(19)12-8-10-4-3-5-11(20-2)13(10)21-12/h3-5,8-9H,6-7H2,1-2H3,(H,16,18)/t9-/m0/s1. The SMILES string of the molecule is COc1cccc2cc(C(=O)N3CCNC(=O)[C@@H]3C)oc12. The molecule has 1 fully saturated rings. The Kier molecular flexibility index (Phi) is 3.29. The molecule has 1 aromatic carbocycles. The van der Waals surface area contributed by atoms with Gasteiger partial charge in [-0.15, -0.1) is 0 Å². The molecule has 1 aliphatic rings. The van der Waals surface area contributed by atoms with Crippen molar-refractivity contribution in [1.82, 2.24) is 10.2 Å². The largest absolute Gasteiger partial charge is 0.493 e. The summed E-state index contributed by atoms with van der Waals surface area (Å²) in [6.07, 6.45) is 0. The third-order valence-corrected chi connectivity index (χ3v) is 3.70. The average molecular weight is 288 g/mol. The van der Waals surface area contributed by atoms with Crippen LogP contribution < -0.4 is 10.1 Å². The molecule has 1 atom stereocenters.